The highest BCUT2D eigenvalue weighted by molar-refractivity contribution is 6.33. The minimum atomic E-state index is -1.16. The van der Waals surface area contributed by atoms with Crippen LogP contribution in [0.5, 0.6) is 0 Å². The lowest BCUT2D eigenvalue weighted by atomic mass is 9.77. The third kappa shape index (κ3) is 4.24. The van der Waals surface area contributed by atoms with Crippen molar-refractivity contribution < 1.29 is 19.8 Å². The highest BCUT2D eigenvalue weighted by Gasteiger charge is 2.50. The van der Waals surface area contributed by atoms with E-state index in [0.717, 1.165) is 56.4 Å². The Labute approximate surface area is 193 Å². The lowest BCUT2D eigenvalue weighted by Crippen LogP contribution is -2.47. The van der Waals surface area contributed by atoms with E-state index in [-0.39, 0.29) is 30.0 Å². The van der Waals surface area contributed by atoms with Gasteiger partial charge in [-0.15, -0.1) is 6.42 Å². The molecule has 2 saturated heterocycles. The van der Waals surface area contributed by atoms with Crippen LogP contribution in [-0.2, 0) is 4.79 Å². The molecule has 172 valence electrons. The number of anilines is 2. The van der Waals surface area contributed by atoms with Crippen LogP contribution >= 0.6 is 11.6 Å². The second-order valence-electron chi connectivity index (χ2n) is 9.05. The summed E-state index contributed by atoms with van der Waals surface area (Å²) in [5.74, 6) is 3.18. The molecular formula is C23H29ClN4O4. The first-order chi connectivity index (χ1) is 15.3. The van der Waals surface area contributed by atoms with Crippen molar-refractivity contribution in [3.8, 4) is 12.3 Å². The number of aliphatic hydroxyl groups is 1. The Balaban J connectivity index is 1.41. The predicted molar refractivity (Wildman–Crippen MR) is 122 cm³/mol. The van der Waals surface area contributed by atoms with Crippen molar-refractivity contribution in [3.05, 3.63) is 17.3 Å². The lowest BCUT2D eigenvalue weighted by molar-refractivity contribution is -0.139. The summed E-state index contributed by atoms with van der Waals surface area (Å²) in [6.07, 6.45) is 11.0. The molecule has 0 atom stereocenters. The number of carbonyl (C=O) groups excluding carboxylic acids is 1. The normalized spacial score (nSPS) is 25.1. The number of piperidine rings is 1. The van der Waals surface area contributed by atoms with Crippen LogP contribution in [0.15, 0.2) is 12.3 Å². The molecule has 3 heterocycles. The SMILES string of the molecule is C#CCN(C(=O)O)c1cnc(N2CCC3(CC2)CCN(C2CCC(O)CC2)C3=O)c(Cl)c1. The number of carboxylic acid groups (broad SMARTS) is 1. The number of rotatable bonds is 4. The molecule has 0 unspecified atom stereocenters. The Morgan fingerprint density at radius 3 is 2.50 bits per heavy atom. The van der Waals surface area contributed by atoms with Crippen LogP contribution in [-0.4, -0.2) is 70.4 Å². The van der Waals surface area contributed by atoms with Crippen LogP contribution < -0.4 is 9.80 Å². The molecule has 32 heavy (non-hydrogen) atoms. The van der Waals surface area contributed by atoms with E-state index < -0.39 is 6.09 Å². The van der Waals surface area contributed by atoms with Gasteiger partial charge in [0.15, 0.2) is 0 Å². The number of nitrogens with zero attached hydrogens (tertiary/aromatic N) is 4. The summed E-state index contributed by atoms with van der Waals surface area (Å²) in [4.78, 5) is 34.3. The van der Waals surface area contributed by atoms with Gasteiger partial charge in [0.25, 0.3) is 0 Å². The summed E-state index contributed by atoms with van der Waals surface area (Å²) in [6.45, 7) is 2.05. The Bertz CT molecular complexity index is 917. The van der Waals surface area contributed by atoms with Crippen molar-refractivity contribution >= 4 is 35.1 Å². The van der Waals surface area contributed by atoms with Crippen LogP contribution in [0.25, 0.3) is 0 Å². The largest absolute Gasteiger partial charge is 0.465 e. The Morgan fingerprint density at radius 2 is 1.91 bits per heavy atom. The summed E-state index contributed by atoms with van der Waals surface area (Å²) < 4.78 is 0. The molecule has 9 heteroatoms. The summed E-state index contributed by atoms with van der Waals surface area (Å²) in [5, 5.41) is 19.5. The van der Waals surface area contributed by atoms with E-state index in [1.54, 1.807) is 6.07 Å². The van der Waals surface area contributed by atoms with Crippen molar-refractivity contribution in [1.82, 2.24) is 9.88 Å². The van der Waals surface area contributed by atoms with E-state index in [2.05, 4.69) is 20.7 Å². The smallest absolute Gasteiger partial charge is 0.412 e. The van der Waals surface area contributed by atoms with E-state index in [9.17, 15) is 19.8 Å². The van der Waals surface area contributed by atoms with Gasteiger partial charge < -0.3 is 20.0 Å². The fourth-order valence-corrected chi connectivity index (χ4v) is 5.62. The molecule has 0 radical (unpaired) electrons. The van der Waals surface area contributed by atoms with E-state index in [4.69, 9.17) is 18.0 Å². The number of pyridine rings is 1. The molecule has 8 nitrogen and oxygen atoms in total. The summed E-state index contributed by atoms with van der Waals surface area (Å²) in [7, 11) is 0. The fourth-order valence-electron chi connectivity index (χ4n) is 5.34. The molecule has 1 aliphatic carbocycles. The molecule has 3 fully saturated rings. The second-order valence-corrected chi connectivity index (χ2v) is 9.46. The maximum atomic E-state index is 13.3. The molecule has 1 saturated carbocycles. The van der Waals surface area contributed by atoms with Gasteiger partial charge in [-0.3, -0.25) is 9.69 Å². The number of carbonyl (C=O) groups is 2. The molecule has 2 aliphatic heterocycles. The Morgan fingerprint density at radius 1 is 1.25 bits per heavy atom. The van der Waals surface area contributed by atoms with Crippen molar-refractivity contribution in [2.75, 3.05) is 36.0 Å². The molecule has 3 aliphatic rings. The van der Waals surface area contributed by atoms with Gasteiger partial charge in [-0.1, -0.05) is 17.5 Å². The zero-order valence-corrected chi connectivity index (χ0v) is 18.8. The molecule has 2 N–H and O–H groups in total. The first kappa shape index (κ1) is 22.7. The molecule has 4 rings (SSSR count). The topological polar surface area (TPSA) is 97.2 Å². The first-order valence-corrected chi connectivity index (χ1v) is 11.6. The molecule has 1 aromatic rings. The number of likely N-dealkylation sites (tertiary alicyclic amines) is 1. The maximum absolute atomic E-state index is 13.3. The average Bonchev–Trinajstić information content (AvgIpc) is 3.09. The van der Waals surface area contributed by atoms with E-state index in [0.29, 0.717) is 29.6 Å². The number of halogens is 1. The Kier molecular flexibility index (Phi) is 6.50. The van der Waals surface area contributed by atoms with Gasteiger partial charge in [0.2, 0.25) is 5.91 Å². The van der Waals surface area contributed by atoms with Crippen LogP contribution in [0.4, 0.5) is 16.3 Å². The average molecular weight is 461 g/mol. The fraction of sp³-hybridized carbons (Fsp3) is 0.609. The third-order valence-corrected chi connectivity index (χ3v) is 7.55. The van der Waals surface area contributed by atoms with Crippen LogP contribution in [0.2, 0.25) is 5.02 Å². The minimum absolute atomic E-state index is 0.0858. The number of hydrogen-bond donors (Lipinski definition) is 2. The van der Waals surface area contributed by atoms with Gasteiger partial charge in [-0.25, -0.2) is 9.78 Å². The highest BCUT2D eigenvalue weighted by Crippen LogP contribution is 2.45. The molecule has 1 aromatic heterocycles. The zero-order chi connectivity index (χ0) is 22.9. The predicted octanol–water partition coefficient (Wildman–Crippen LogP) is 2.98. The van der Waals surface area contributed by atoms with Gasteiger partial charge in [-0.2, -0.15) is 0 Å². The molecule has 0 bridgehead atoms. The van der Waals surface area contributed by atoms with Gasteiger partial charge in [0, 0.05) is 25.7 Å². The quantitative estimate of drug-likeness (QED) is 0.670. The van der Waals surface area contributed by atoms with Crippen molar-refractivity contribution in [2.24, 2.45) is 5.41 Å². The molecule has 1 spiro atoms. The molecule has 2 amide bonds. The van der Waals surface area contributed by atoms with Crippen LogP contribution in [0, 0.1) is 17.8 Å². The highest BCUT2D eigenvalue weighted by atomic mass is 35.5. The number of terminal acetylenes is 1. The summed E-state index contributed by atoms with van der Waals surface area (Å²) >= 11 is 6.46. The molecular weight excluding hydrogens is 432 g/mol. The van der Waals surface area contributed by atoms with Crippen LogP contribution in [0.1, 0.15) is 44.9 Å². The standard InChI is InChI=1S/C23H29ClN4O4/c1-2-10-28(22(31)32)17-14-19(24)20(25-15-17)26-11-7-23(8-12-26)9-13-27(21(23)30)16-3-5-18(29)6-4-16/h1,14-16,18,29H,3-13H2,(H,31,32). The number of amides is 2. The summed E-state index contributed by atoms with van der Waals surface area (Å²) in [5.41, 5.74) is 0.0168. The van der Waals surface area contributed by atoms with Crippen molar-refractivity contribution in [2.45, 2.75) is 57.1 Å². The number of hydrogen-bond acceptors (Lipinski definition) is 5. The summed E-state index contributed by atoms with van der Waals surface area (Å²) in [6, 6.07) is 1.83. The maximum Gasteiger partial charge on any atom is 0.412 e. The van der Waals surface area contributed by atoms with Gasteiger partial charge in [-0.05, 0) is 51.0 Å². The van der Waals surface area contributed by atoms with Crippen LogP contribution in [0.3, 0.4) is 0 Å². The van der Waals surface area contributed by atoms with Gasteiger partial charge in [0.05, 0.1) is 35.0 Å². The Hall–Kier alpha value is -2.50. The monoisotopic (exact) mass is 460 g/mol. The number of aromatic nitrogens is 1. The second kappa shape index (κ2) is 9.16. The molecule has 0 aromatic carbocycles. The third-order valence-electron chi connectivity index (χ3n) is 7.27. The van der Waals surface area contributed by atoms with Crippen molar-refractivity contribution in [1.29, 1.82) is 0 Å². The van der Waals surface area contributed by atoms with Crippen molar-refractivity contribution in [3.63, 3.8) is 0 Å². The van der Waals surface area contributed by atoms with E-state index in [1.807, 2.05) is 0 Å². The number of aliphatic hydroxyl groups excluding tert-OH is 1. The lowest BCUT2D eigenvalue weighted by Gasteiger charge is -2.40. The minimum Gasteiger partial charge on any atom is -0.465 e. The van der Waals surface area contributed by atoms with Gasteiger partial charge >= 0.3 is 6.09 Å². The first-order valence-electron chi connectivity index (χ1n) is 11.2. The zero-order valence-electron chi connectivity index (χ0n) is 18.0. The van der Waals surface area contributed by atoms with E-state index in [1.165, 1.54) is 6.20 Å². The van der Waals surface area contributed by atoms with Gasteiger partial charge in [0.1, 0.15) is 5.82 Å². The van der Waals surface area contributed by atoms with E-state index >= 15 is 0 Å².